The molecule has 0 fully saturated rings. The highest BCUT2D eigenvalue weighted by molar-refractivity contribution is 7.13. The second-order valence-corrected chi connectivity index (χ2v) is 7.12. The second kappa shape index (κ2) is 7.79. The lowest BCUT2D eigenvalue weighted by molar-refractivity contribution is 0.0777. The Balaban J connectivity index is 1.92. The van der Waals surface area contributed by atoms with Gasteiger partial charge in [-0.3, -0.25) is 4.79 Å². The van der Waals surface area contributed by atoms with Crippen molar-refractivity contribution in [1.29, 1.82) is 0 Å². The molecule has 0 spiro atoms. The number of hydrogen-bond donors (Lipinski definition) is 0. The first-order chi connectivity index (χ1) is 10.9. The van der Waals surface area contributed by atoms with Crippen LogP contribution in [-0.4, -0.2) is 36.0 Å². The Bertz CT molecular complexity index is 685. The van der Waals surface area contributed by atoms with Crippen LogP contribution in [0.25, 0.3) is 0 Å². The molecule has 0 atom stereocenters. The number of benzene rings is 1. The van der Waals surface area contributed by atoms with Gasteiger partial charge in [0.15, 0.2) is 0 Å². The van der Waals surface area contributed by atoms with Crippen LogP contribution in [0.2, 0.25) is 5.02 Å². The third kappa shape index (κ3) is 4.69. The van der Waals surface area contributed by atoms with E-state index >= 15 is 0 Å². The predicted molar refractivity (Wildman–Crippen MR) is 94.8 cm³/mol. The third-order valence-corrected chi connectivity index (χ3v) is 5.02. The lowest BCUT2D eigenvalue weighted by Gasteiger charge is -2.17. The molecule has 0 radical (unpaired) electrons. The van der Waals surface area contributed by atoms with Gasteiger partial charge < -0.3 is 9.64 Å². The summed E-state index contributed by atoms with van der Waals surface area (Å²) in [7, 11) is 1.78. The van der Waals surface area contributed by atoms with Crippen molar-refractivity contribution >= 4 is 28.8 Å². The lowest BCUT2D eigenvalue weighted by Crippen LogP contribution is -2.30. The van der Waals surface area contributed by atoms with Crippen LogP contribution in [0.4, 0.5) is 0 Å². The van der Waals surface area contributed by atoms with E-state index in [1.807, 2.05) is 19.1 Å². The molecule has 4 nitrogen and oxygen atoms in total. The van der Waals surface area contributed by atoms with Gasteiger partial charge in [0.2, 0.25) is 0 Å². The number of thiazole rings is 1. The number of likely N-dealkylation sites (N-methyl/N-ethyl adjacent to an activating group) is 1. The summed E-state index contributed by atoms with van der Waals surface area (Å²) in [6, 6.07) is 7.23. The molecule has 0 unspecified atom stereocenters. The molecular formula is C17H21ClN2O2S. The minimum Gasteiger partial charge on any atom is -0.492 e. The van der Waals surface area contributed by atoms with Gasteiger partial charge in [-0.15, -0.1) is 11.3 Å². The maximum absolute atomic E-state index is 12.5. The van der Waals surface area contributed by atoms with Gasteiger partial charge in [-0.1, -0.05) is 31.5 Å². The molecule has 2 aromatic rings. The van der Waals surface area contributed by atoms with E-state index in [0.717, 1.165) is 10.7 Å². The molecule has 0 N–H and O–H groups in total. The number of aryl methyl sites for hydroxylation is 1. The average Bonchev–Trinajstić information content (AvgIpc) is 2.88. The fourth-order valence-corrected chi connectivity index (χ4v) is 3.24. The minimum atomic E-state index is -0.0124. The Morgan fingerprint density at radius 1 is 1.43 bits per heavy atom. The number of halogens is 1. The summed E-state index contributed by atoms with van der Waals surface area (Å²) in [5, 5.41) is 1.63. The standard InChI is InChI=1S/C17H21ClN2O2S/c1-11(2)16-19-12(3)15(23-16)17(21)20(4)8-9-22-14-7-5-6-13(18)10-14/h5-7,10-11H,8-9H2,1-4H3. The highest BCUT2D eigenvalue weighted by atomic mass is 35.5. The lowest BCUT2D eigenvalue weighted by atomic mass is 10.2. The molecule has 1 amide bonds. The Morgan fingerprint density at radius 2 is 2.17 bits per heavy atom. The third-order valence-electron chi connectivity index (χ3n) is 3.34. The van der Waals surface area contributed by atoms with E-state index < -0.39 is 0 Å². The van der Waals surface area contributed by atoms with Gasteiger partial charge in [-0.25, -0.2) is 4.98 Å². The largest absolute Gasteiger partial charge is 0.492 e. The molecular weight excluding hydrogens is 332 g/mol. The summed E-state index contributed by atoms with van der Waals surface area (Å²) in [4.78, 5) is 19.4. The van der Waals surface area contributed by atoms with Crippen molar-refractivity contribution in [1.82, 2.24) is 9.88 Å². The van der Waals surface area contributed by atoms with Gasteiger partial charge in [0.1, 0.15) is 17.2 Å². The smallest absolute Gasteiger partial charge is 0.265 e. The van der Waals surface area contributed by atoms with Crippen LogP contribution in [-0.2, 0) is 0 Å². The van der Waals surface area contributed by atoms with E-state index in [0.29, 0.717) is 34.7 Å². The maximum atomic E-state index is 12.5. The number of rotatable bonds is 6. The summed E-state index contributed by atoms with van der Waals surface area (Å²) in [6.45, 7) is 6.95. The van der Waals surface area contributed by atoms with Gasteiger partial charge in [0.25, 0.3) is 5.91 Å². The van der Waals surface area contributed by atoms with Crippen molar-refractivity contribution in [3.63, 3.8) is 0 Å². The molecule has 0 aliphatic rings. The van der Waals surface area contributed by atoms with E-state index in [2.05, 4.69) is 18.8 Å². The van der Waals surface area contributed by atoms with Crippen LogP contribution in [0, 0.1) is 6.92 Å². The molecule has 2 rings (SSSR count). The first kappa shape index (κ1) is 17.8. The molecule has 23 heavy (non-hydrogen) atoms. The van der Waals surface area contributed by atoms with Crippen molar-refractivity contribution in [2.75, 3.05) is 20.2 Å². The molecule has 0 saturated carbocycles. The molecule has 1 heterocycles. The number of aromatic nitrogens is 1. The number of ether oxygens (including phenoxy) is 1. The van der Waals surface area contributed by atoms with E-state index in [1.165, 1.54) is 11.3 Å². The number of hydrogen-bond acceptors (Lipinski definition) is 4. The van der Waals surface area contributed by atoms with Crippen LogP contribution in [0.15, 0.2) is 24.3 Å². The van der Waals surface area contributed by atoms with Gasteiger partial charge in [0, 0.05) is 18.0 Å². The van der Waals surface area contributed by atoms with E-state index in [-0.39, 0.29) is 5.91 Å². The molecule has 0 bridgehead atoms. The number of carbonyl (C=O) groups excluding carboxylic acids is 1. The second-order valence-electron chi connectivity index (χ2n) is 5.65. The van der Waals surface area contributed by atoms with Crippen molar-refractivity contribution in [2.24, 2.45) is 0 Å². The first-order valence-corrected chi connectivity index (χ1v) is 8.69. The topological polar surface area (TPSA) is 42.4 Å². The zero-order valence-electron chi connectivity index (χ0n) is 13.8. The normalized spacial score (nSPS) is 10.9. The molecule has 1 aromatic heterocycles. The van der Waals surface area contributed by atoms with Crippen LogP contribution in [0.1, 0.15) is 40.1 Å². The number of carbonyl (C=O) groups is 1. The Kier molecular flexibility index (Phi) is 6.02. The summed E-state index contributed by atoms with van der Waals surface area (Å²) in [6.07, 6.45) is 0. The Morgan fingerprint density at radius 3 is 2.78 bits per heavy atom. The summed E-state index contributed by atoms with van der Waals surface area (Å²) < 4.78 is 5.63. The van der Waals surface area contributed by atoms with Gasteiger partial charge in [-0.2, -0.15) is 0 Å². The average molecular weight is 353 g/mol. The van der Waals surface area contributed by atoms with Crippen molar-refractivity contribution < 1.29 is 9.53 Å². The van der Waals surface area contributed by atoms with E-state index in [1.54, 1.807) is 24.1 Å². The monoisotopic (exact) mass is 352 g/mol. The fourth-order valence-electron chi connectivity index (χ4n) is 1.99. The van der Waals surface area contributed by atoms with Gasteiger partial charge in [0.05, 0.1) is 17.2 Å². The van der Waals surface area contributed by atoms with Gasteiger partial charge >= 0.3 is 0 Å². The molecule has 124 valence electrons. The van der Waals surface area contributed by atoms with Crippen LogP contribution < -0.4 is 4.74 Å². The zero-order valence-corrected chi connectivity index (χ0v) is 15.4. The van der Waals surface area contributed by atoms with Gasteiger partial charge in [-0.05, 0) is 25.1 Å². The van der Waals surface area contributed by atoms with Crippen molar-refractivity contribution in [3.05, 3.63) is 44.9 Å². The molecule has 1 aromatic carbocycles. The van der Waals surface area contributed by atoms with Crippen molar-refractivity contribution in [3.8, 4) is 5.75 Å². The SMILES string of the molecule is Cc1nc(C(C)C)sc1C(=O)N(C)CCOc1cccc(Cl)c1. The minimum absolute atomic E-state index is 0.0124. The van der Waals surface area contributed by atoms with Crippen molar-refractivity contribution in [2.45, 2.75) is 26.7 Å². The van der Waals surface area contributed by atoms with Crippen LogP contribution in [0.3, 0.4) is 0 Å². The maximum Gasteiger partial charge on any atom is 0.265 e. The zero-order chi connectivity index (χ0) is 17.0. The summed E-state index contributed by atoms with van der Waals surface area (Å²) in [5.74, 6) is 1.02. The van der Waals surface area contributed by atoms with Crippen LogP contribution >= 0.6 is 22.9 Å². The molecule has 0 aliphatic heterocycles. The number of nitrogens with zero attached hydrogens (tertiary/aromatic N) is 2. The molecule has 6 heteroatoms. The molecule has 0 saturated heterocycles. The Labute approximate surface area is 146 Å². The van der Waals surface area contributed by atoms with Crippen LogP contribution in [0.5, 0.6) is 5.75 Å². The predicted octanol–water partition coefficient (Wildman–Crippen LogP) is 4.38. The quantitative estimate of drug-likeness (QED) is 0.774. The van der Waals surface area contributed by atoms with E-state index in [4.69, 9.17) is 16.3 Å². The summed E-state index contributed by atoms with van der Waals surface area (Å²) in [5.41, 5.74) is 0.798. The fraction of sp³-hybridized carbons (Fsp3) is 0.412. The Hall–Kier alpha value is -1.59. The highest BCUT2D eigenvalue weighted by Gasteiger charge is 2.19. The highest BCUT2D eigenvalue weighted by Crippen LogP contribution is 2.25. The number of amides is 1. The van der Waals surface area contributed by atoms with E-state index in [9.17, 15) is 4.79 Å². The molecule has 0 aliphatic carbocycles. The summed E-state index contributed by atoms with van der Waals surface area (Å²) >= 11 is 7.39. The first-order valence-electron chi connectivity index (χ1n) is 7.49.